The quantitative estimate of drug-likeness (QED) is 0.331. The van der Waals surface area contributed by atoms with Gasteiger partial charge in [0, 0.05) is 22.1 Å². The van der Waals surface area contributed by atoms with Gasteiger partial charge in [-0.25, -0.2) is 4.79 Å². The number of carboxylic acid groups (broad SMARTS) is 1. The van der Waals surface area contributed by atoms with Crippen molar-refractivity contribution in [2.24, 2.45) is 0 Å². The van der Waals surface area contributed by atoms with E-state index < -0.39 is 5.97 Å². The van der Waals surface area contributed by atoms with Crippen LogP contribution in [-0.4, -0.2) is 18.2 Å². The number of ether oxygens (including phenoxy) is 1. The van der Waals surface area contributed by atoms with Gasteiger partial charge in [-0.3, -0.25) is 0 Å². The van der Waals surface area contributed by atoms with E-state index in [-0.39, 0.29) is 5.57 Å². The molecular formula is C25H20O4. The predicted octanol–water partition coefficient (Wildman–Crippen LogP) is 6.15. The van der Waals surface area contributed by atoms with Gasteiger partial charge in [0.15, 0.2) is 0 Å². The normalized spacial score (nSPS) is 11.6. The number of aliphatic carboxylic acids is 1. The first kappa shape index (κ1) is 18.6. The largest absolute Gasteiger partial charge is 0.503 e. The highest BCUT2D eigenvalue weighted by molar-refractivity contribution is 6.18. The molecule has 0 aliphatic carbocycles. The second kappa shape index (κ2) is 7.68. The van der Waals surface area contributed by atoms with Gasteiger partial charge in [-0.15, -0.1) is 0 Å². The maximum Gasteiger partial charge on any atom is 0.339 e. The molecular weight excluding hydrogens is 364 g/mol. The van der Waals surface area contributed by atoms with Crippen LogP contribution in [0.3, 0.4) is 0 Å². The maximum absolute atomic E-state index is 11.7. The Balaban J connectivity index is 1.81. The van der Waals surface area contributed by atoms with Crippen LogP contribution in [0.1, 0.15) is 11.1 Å². The molecule has 0 amide bonds. The molecule has 0 atom stereocenters. The third-order valence-corrected chi connectivity index (χ3v) is 4.97. The van der Waals surface area contributed by atoms with Crippen LogP contribution in [-0.2, 0) is 9.53 Å². The van der Waals surface area contributed by atoms with Crippen molar-refractivity contribution >= 4 is 22.5 Å². The lowest BCUT2D eigenvalue weighted by Crippen LogP contribution is -2.00. The first-order valence-corrected chi connectivity index (χ1v) is 9.24. The summed E-state index contributed by atoms with van der Waals surface area (Å²) in [5.74, 6) is -0.337. The topological polar surface area (TPSA) is 59.7 Å². The average Bonchev–Trinajstić information content (AvgIpc) is 3.09. The number of fused-ring (bicyclic) bond motifs is 1. The molecule has 4 nitrogen and oxygen atoms in total. The lowest BCUT2D eigenvalue weighted by molar-refractivity contribution is -0.130. The molecule has 0 radical (unpaired) electrons. The van der Waals surface area contributed by atoms with Gasteiger partial charge in [-0.2, -0.15) is 0 Å². The fraction of sp³-hybridized carbons (Fsp3) is 0.0800. The number of carboxylic acids is 1. The Morgan fingerprint density at radius 1 is 0.897 bits per heavy atom. The number of carbonyl (C=O) groups is 1. The Bertz CT molecular complexity index is 1200. The summed E-state index contributed by atoms with van der Waals surface area (Å²) in [6, 6.07) is 23.8. The lowest BCUT2D eigenvalue weighted by atomic mass is 10.0. The summed E-state index contributed by atoms with van der Waals surface area (Å²) in [5, 5.41) is 10.4. The molecule has 144 valence electrons. The zero-order valence-corrected chi connectivity index (χ0v) is 16.2. The minimum Gasteiger partial charge on any atom is -0.503 e. The van der Waals surface area contributed by atoms with E-state index in [9.17, 15) is 9.90 Å². The second-order valence-electron chi connectivity index (χ2n) is 6.75. The molecule has 0 aliphatic rings. The van der Waals surface area contributed by atoms with Gasteiger partial charge in [0.1, 0.15) is 16.9 Å². The first-order valence-electron chi connectivity index (χ1n) is 9.24. The zero-order chi connectivity index (χ0) is 20.4. The van der Waals surface area contributed by atoms with Crippen molar-refractivity contribution in [3.8, 4) is 22.5 Å². The molecule has 1 N–H and O–H groups in total. The second-order valence-corrected chi connectivity index (χ2v) is 6.75. The standard InChI is InChI=1S/C25H20O4/c1-16-20-9-6-10-21(22(15-28-2)25(26)27)24(20)29-23(16)19-13-11-18(12-14-19)17-7-4-3-5-8-17/h3-15H,1-2H3,(H,26,27). The number of para-hydroxylation sites is 1. The third-order valence-electron chi connectivity index (χ3n) is 4.97. The molecule has 1 heterocycles. The molecule has 3 aromatic carbocycles. The van der Waals surface area contributed by atoms with Crippen LogP contribution in [0, 0.1) is 6.92 Å². The summed E-state index contributed by atoms with van der Waals surface area (Å²) >= 11 is 0. The highest BCUT2D eigenvalue weighted by Crippen LogP contribution is 2.37. The maximum atomic E-state index is 11.7. The van der Waals surface area contributed by atoms with E-state index in [1.54, 1.807) is 6.07 Å². The van der Waals surface area contributed by atoms with Crippen molar-refractivity contribution in [3.05, 3.63) is 90.2 Å². The minimum atomic E-state index is -1.07. The van der Waals surface area contributed by atoms with Crippen LogP contribution in [0.2, 0.25) is 0 Å². The number of hydrogen-bond acceptors (Lipinski definition) is 3. The molecule has 0 spiro atoms. The molecule has 4 heteroatoms. The fourth-order valence-corrected chi connectivity index (χ4v) is 3.52. The highest BCUT2D eigenvalue weighted by atomic mass is 16.5. The Morgan fingerprint density at radius 3 is 2.21 bits per heavy atom. The van der Waals surface area contributed by atoms with Crippen LogP contribution < -0.4 is 0 Å². The summed E-state index contributed by atoms with van der Waals surface area (Å²) in [5.41, 5.74) is 5.27. The fourth-order valence-electron chi connectivity index (χ4n) is 3.52. The Morgan fingerprint density at radius 2 is 1.55 bits per heavy atom. The summed E-state index contributed by atoms with van der Waals surface area (Å²) in [6.07, 6.45) is 1.23. The molecule has 0 bridgehead atoms. The van der Waals surface area contributed by atoms with Crippen LogP contribution >= 0.6 is 0 Å². The summed E-state index contributed by atoms with van der Waals surface area (Å²) in [6.45, 7) is 1.98. The Kier molecular flexibility index (Phi) is 4.92. The number of aryl methyl sites for hydroxylation is 1. The smallest absolute Gasteiger partial charge is 0.339 e. The summed E-state index contributed by atoms with van der Waals surface area (Å²) in [4.78, 5) is 11.7. The molecule has 4 rings (SSSR count). The Labute approximate surface area is 168 Å². The molecule has 29 heavy (non-hydrogen) atoms. The van der Waals surface area contributed by atoms with E-state index in [0.717, 1.165) is 33.4 Å². The van der Waals surface area contributed by atoms with Gasteiger partial charge in [0.2, 0.25) is 0 Å². The van der Waals surface area contributed by atoms with Crippen molar-refractivity contribution in [2.75, 3.05) is 7.11 Å². The van der Waals surface area contributed by atoms with E-state index in [4.69, 9.17) is 9.15 Å². The number of methoxy groups -OCH3 is 1. The van der Waals surface area contributed by atoms with Gasteiger partial charge in [-0.05, 0) is 18.1 Å². The number of hydrogen-bond donors (Lipinski definition) is 1. The van der Waals surface area contributed by atoms with E-state index in [1.165, 1.54) is 13.4 Å². The SMILES string of the molecule is COC=C(C(=O)O)c1cccc2c(C)c(-c3ccc(-c4ccccc4)cc3)oc12. The van der Waals surface area contributed by atoms with Crippen LogP contribution in [0.25, 0.3) is 39.0 Å². The van der Waals surface area contributed by atoms with Crippen molar-refractivity contribution in [1.29, 1.82) is 0 Å². The van der Waals surface area contributed by atoms with Gasteiger partial charge < -0.3 is 14.3 Å². The van der Waals surface area contributed by atoms with Gasteiger partial charge in [0.25, 0.3) is 0 Å². The number of benzene rings is 3. The van der Waals surface area contributed by atoms with E-state index in [2.05, 4.69) is 24.3 Å². The average molecular weight is 384 g/mol. The Hall–Kier alpha value is -3.79. The van der Waals surface area contributed by atoms with Gasteiger partial charge in [0.05, 0.1) is 13.4 Å². The lowest BCUT2D eigenvalue weighted by Gasteiger charge is -2.04. The molecule has 0 fully saturated rings. The number of rotatable bonds is 5. The molecule has 0 saturated heterocycles. The van der Waals surface area contributed by atoms with E-state index in [0.29, 0.717) is 11.1 Å². The summed E-state index contributed by atoms with van der Waals surface area (Å²) in [7, 11) is 1.43. The van der Waals surface area contributed by atoms with Crippen molar-refractivity contribution in [3.63, 3.8) is 0 Å². The molecule has 0 aliphatic heterocycles. The van der Waals surface area contributed by atoms with Crippen LogP contribution in [0.15, 0.2) is 83.5 Å². The summed E-state index contributed by atoms with van der Waals surface area (Å²) < 4.78 is 11.1. The van der Waals surface area contributed by atoms with E-state index in [1.807, 2.05) is 49.4 Å². The van der Waals surface area contributed by atoms with Crippen molar-refractivity contribution < 1.29 is 19.1 Å². The first-order chi connectivity index (χ1) is 14.1. The monoisotopic (exact) mass is 384 g/mol. The molecule has 4 aromatic rings. The van der Waals surface area contributed by atoms with Crippen LogP contribution in [0.5, 0.6) is 0 Å². The zero-order valence-electron chi connectivity index (χ0n) is 16.2. The highest BCUT2D eigenvalue weighted by Gasteiger charge is 2.20. The van der Waals surface area contributed by atoms with Gasteiger partial charge in [-0.1, -0.05) is 72.8 Å². The third kappa shape index (κ3) is 3.41. The minimum absolute atomic E-state index is 0.0535. The van der Waals surface area contributed by atoms with Crippen molar-refractivity contribution in [2.45, 2.75) is 6.92 Å². The van der Waals surface area contributed by atoms with Crippen molar-refractivity contribution in [1.82, 2.24) is 0 Å². The van der Waals surface area contributed by atoms with E-state index >= 15 is 0 Å². The van der Waals surface area contributed by atoms with Crippen LogP contribution in [0.4, 0.5) is 0 Å². The van der Waals surface area contributed by atoms with Gasteiger partial charge >= 0.3 is 5.97 Å². The molecule has 1 aromatic heterocycles. The molecule has 0 unspecified atom stereocenters. The predicted molar refractivity (Wildman–Crippen MR) is 114 cm³/mol. The number of furan rings is 1. The molecule has 0 saturated carbocycles.